The van der Waals surface area contributed by atoms with Gasteiger partial charge >= 0.3 is 0 Å². The number of rotatable bonds is 3. The predicted octanol–water partition coefficient (Wildman–Crippen LogP) is 3.19. The van der Waals surface area contributed by atoms with Gasteiger partial charge < -0.3 is 0 Å². The van der Waals surface area contributed by atoms with Crippen molar-refractivity contribution in [2.24, 2.45) is 0 Å². The van der Waals surface area contributed by atoms with E-state index in [1.807, 2.05) is 6.07 Å². The van der Waals surface area contributed by atoms with E-state index in [1.165, 1.54) is 0 Å². The Labute approximate surface area is 121 Å². The zero-order chi connectivity index (χ0) is 13.5. The Morgan fingerprint density at radius 1 is 1.26 bits per heavy atom. The first-order valence-corrected chi connectivity index (χ1v) is 8.36. The third-order valence-corrected chi connectivity index (χ3v) is 6.02. The lowest BCUT2D eigenvalue weighted by atomic mass is 10.2. The molecule has 0 bridgehead atoms. The number of benzene rings is 1. The number of nitrogens with one attached hydrogen (secondary N) is 2. The fraction of sp³-hybridized carbons (Fsp3) is 0. The Kier molecular flexibility index (Phi) is 3.08. The Hall–Kier alpha value is -1.38. The molecule has 2 heterocycles. The standard InChI is InChI=1S/C11H8BrN3O2S2/c12-10-4-5-11(18-10)19(16,17)15-9-3-1-2-8-7(9)6-13-14-8/h1-6,15H,(H,13,14). The minimum Gasteiger partial charge on any atom is -0.278 e. The molecule has 0 radical (unpaired) electrons. The van der Waals surface area contributed by atoms with Crippen LogP contribution in [0.4, 0.5) is 5.69 Å². The average Bonchev–Trinajstić information content (AvgIpc) is 2.97. The van der Waals surface area contributed by atoms with Gasteiger partial charge in [0.05, 0.1) is 21.2 Å². The van der Waals surface area contributed by atoms with Crippen molar-refractivity contribution < 1.29 is 8.42 Å². The Morgan fingerprint density at radius 3 is 2.84 bits per heavy atom. The number of thiophene rings is 1. The minimum absolute atomic E-state index is 0.264. The SMILES string of the molecule is O=S(=O)(Nc1cccc2[nH]ncc12)c1ccc(Br)s1. The first-order valence-electron chi connectivity index (χ1n) is 5.26. The predicted molar refractivity (Wildman–Crippen MR) is 78.9 cm³/mol. The number of anilines is 1. The molecule has 0 spiro atoms. The van der Waals surface area contributed by atoms with E-state index in [-0.39, 0.29) is 4.21 Å². The highest BCUT2D eigenvalue weighted by Crippen LogP contribution is 2.29. The van der Waals surface area contributed by atoms with Crippen LogP contribution in [0.3, 0.4) is 0 Å². The lowest BCUT2D eigenvalue weighted by Gasteiger charge is -2.06. The second-order valence-corrected chi connectivity index (χ2v) is 8.17. The second kappa shape index (κ2) is 4.62. The maximum Gasteiger partial charge on any atom is 0.271 e. The topological polar surface area (TPSA) is 74.8 Å². The average molecular weight is 358 g/mol. The number of nitrogens with zero attached hydrogens (tertiary/aromatic N) is 1. The van der Waals surface area contributed by atoms with Crippen molar-refractivity contribution in [2.75, 3.05) is 4.72 Å². The molecule has 3 aromatic rings. The molecule has 98 valence electrons. The molecule has 0 amide bonds. The zero-order valence-corrected chi connectivity index (χ0v) is 12.6. The van der Waals surface area contributed by atoms with Crippen LogP contribution >= 0.6 is 27.3 Å². The van der Waals surface area contributed by atoms with E-state index in [0.29, 0.717) is 5.69 Å². The largest absolute Gasteiger partial charge is 0.278 e. The fourth-order valence-electron chi connectivity index (χ4n) is 1.69. The van der Waals surface area contributed by atoms with Crippen molar-refractivity contribution >= 4 is 53.9 Å². The molecule has 0 fully saturated rings. The van der Waals surface area contributed by atoms with Crippen LogP contribution < -0.4 is 4.72 Å². The first-order chi connectivity index (χ1) is 9.06. The lowest BCUT2D eigenvalue weighted by Crippen LogP contribution is -2.11. The highest BCUT2D eigenvalue weighted by Gasteiger charge is 2.17. The van der Waals surface area contributed by atoms with Gasteiger partial charge in [-0.05, 0) is 40.2 Å². The fourth-order valence-corrected chi connectivity index (χ4v) is 4.78. The van der Waals surface area contributed by atoms with Crippen molar-refractivity contribution in [1.82, 2.24) is 10.2 Å². The molecule has 0 aliphatic heterocycles. The van der Waals surface area contributed by atoms with E-state index >= 15 is 0 Å². The van der Waals surface area contributed by atoms with Crippen LogP contribution in [-0.4, -0.2) is 18.6 Å². The van der Waals surface area contributed by atoms with E-state index in [9.17, 15) is 8.42 Å². The van der Waals surface area contributed by atoms with E-state index in [4.69, 9.17) is 0 Å². The summed E-state index contributed by atoms with van der Waals surface area (Å²) in [6, 6.07) is 8.58. The lowest BCUT2D eigenvalue weighted by molar-refractivity contribution is 0.603. The molecule has 0 unspecified atom stereocenters. The molecule has 0 aliphatic rings. The number of sulfonamides is 1. The van der Waals surface area contributed by atoms with Crippen molar-refractivity contribution in [3.05, 3.63) is 40.3 Å². The minimum atomic E-state index is -3.56. The van der Waals surface area contributed by atoms with Crippen LogP contribution in [0.5, 0.6) is 0 Å². The molecule has 0 atom stereocenters. The molecule has 2 aromatic heterocycles. The van der Waals surface area contributed by atoms with Crippen LogP contribution in [-0.2, 0) is 10.0 Å². The Bertz CT molecular complexity index is 838. The van der Waals surface area contributed by atoms with Gasteiger partial charge in [0, 0.05) is 5.39 Å². The summed E-state index contributed by atoms with van der Waals surface area (Å²) in [6.07, 6.45) is 1.59. The van der Waals surface area contributed by atoms with Gasteiger partial charge in [0.2, 0.25) is 0 Å². The maximum atomic E-state index is 12.2. The van der Waals surface area contributed by atoms with Crippen LogP contribution in [0.25, 0.3) is 10.9 Å². The Balaban J connectivity index is 2.03. The number of fused-ring (bicyclic) bond motifs is 1. The van der Waals surface area contributed by atoms with E-state index in [0.717, 1.165) is 26.0 Å². The number of aromatic nitrogens is 2. The molecule has 3 rings (SSSR count). The van der Waals surface area contributed by atoms with E-state index in [2.05, 4.69) is 30.8 Å². The van der Waals surface area contributed by atoms with Crippen LogP contribution in [0.2, 0.25) is 0 Å². The van der Waals surface area contributed by atoms with Gasteiger partial charge in [-0.3, -0.25) is 9.82 Å². The first kappa shape index (κ1) is 12.6. The normalized spacial score (nSPS) is 11.8. The molecular formula is C11H8BrN3O2S2. The maximum absolute atomic E-state index is 12.2. The summed E-state index contributed by atoms with van der Waals surface area (Å²) in [7, 11) is -3.56. The monoisotopic (exact) mass is 357 g/mol. The molecule has 2 N–H and O–H groups in total. The summed E-state index contributed by atoms with van der Waals surface area (Å²) in [6.45, 7) is 0. The summed E-state index contributed by atoms with van der Waals surface area (Å²) in [5.74, 6) is 0. The molecule has 8 heteroatoms. The van der Waals surface area contributed by atoms with Crippen LogP contribution in [0, 0.1) is 0 Å². The van der Waals surface area contributed by atoms with Gasteiger partial charge in [-0.2, -0.15) is 5.10 Å². The highest BCUT2D eigenvalue weighted by molar-refractivity contribution is 9.11. The van der Waals surface area contributed by atoms with E-state index < -0.39 is 10.0 Å². The highest BCUT2D eigenvalue weighted by atomic mass is 79.9. The van der Waals surface area contributed by atoms with Gasteiger partial charge in [0.15, 0.2) is 0 Å². The van der Waals surface area contributed by atoms with Gasteiger partial charge in [0.1, 0.15) is 4.21 Å². The summed E-state index contributed by atoms with van der Waals surface area (Å²) >= 11 is 4.42. The van der Waals surface area contributed by atoms with Crippen LogP contribution in [0.15, 0.2) is 44.5 Å². The molecule has 1 aromatic carbocycles. The number of halogens is 1. The summed E-state index contributed by atoms with van der Waals surface area (Å²) in [5.41, 5.74) is 1.29. The summed E-state index contributed by atoms with van der Waals surface area (Å²) in [5, 5.41) is 7.44. The molecular weight excluding hydrogens is 350 g/mol. The number of hydrogen-bond acceptors (Lipinski definition) is 4. The number of H-pyrrole nitrogens is 1. The summed E-state index contributed by atoms with van der Waals surface area (Å²) < 4.78 is 28.1. The van der Waals surface area contributed by atoms with Gasteiger partial charge in [-0.15, -0.1) is 11.3 Å². The van der Waals surface area contributed by atoms with Crippen molar-refractivity contribution in [2.45, 2.75) is 4.21 Å². The summed E-state index contributed by atoms with van der Waals surface area (Å²) in [4.78, 5) is 0. The van der Waals surface area contributed by atoms with Crippen molar-refractivity contribution in [3.63, 3.8) is 0 Å². The molecule has 0 aliphatic carbocycles. The quantitative estimate of drug-likeness (QED) is 0.755. The third-order valence-electron chi connectivity index (χ3n) is 2.54. The van der Waals surface area contributed by atoms with Gasteiger partial charge in [-0.25, -0.2) is 8.42 Å². The molecule has 5 nitrogen and oxygen atoms in total. The Morgan fingerprint density at radius 2 is 2.11 bits per heavy atom. The second-order valence-electron chi connectivity index (χ2n) is 3.80. The smallest absolute Gasteiger partial charge is 0.271 e. The van der Waals surface area contributed by atoms with Gasteiger partial charge in [0.25, 0.3) is 10.0 Å². The number of hydrogen-bond donors (Lipinski definition) is 2. The van der Waals surface area contributed by atoms with Crippen molar-refractivity contribution in [1.29, 1.82) is 0 Å². The van der Waals surface area contributed by atoms with Crippen molar-refractivity contribution in [3.8, 4) is 0 Å². The van der Waals surface area contributed by atoms with Crippen LogP contribution in [0.1, 0.15) is 0 Å². The zero-order valence-electron chi connectivity index (χ0n) is 9.42. The number of aromatic amines is 1. The molecule has 19 heavy (non-hydrogen) atoms. The third kappa shape index (κ3) is 2.38. The molecule has 0 saturated carbocycles. The van der Waals surface area contributed by atoms with Gasteiger partial charge in [-0.1, -0.05) is 6.07 Å². The van der Waals surface area contributed by atoms with E-state index in [1.54, 1.807) is 30.5 Å². The molecule has 0 saturated heterocycles.